The minimum Gasteiger partial charge on any atom is -0.265 e. The fraction of sp³-hybridized carbons (Fsp3) is 0.364. The lowest BCUT2D eigenvalue weighted by Gasteiger charge is -2.01. The van der Waals surface area contributed by atoms with Crippen molar-refractivity contribution in [1.29, 1.82) is 0 Å². The zero-order valence-corrected chi connectivity index (χ0v) is 9.94. The molecule has 1 aliphatic carbocycles. The lowest BCUT2D eigenvalue weighted by Crippen LogP contribution is -2.00. The van der Waals surface area contributed by atoms with Crippen molar-refractivity contribution >= 4 is 33.5 Å². The fourth-order valence-corrected chi connectivity index (χ4v) is 2.26. The third kappa shape index (κ3) is 1.54. The van der Waals surface area contributed by atoms with Gasteiger partial charge in [0.2, 0.25) is 0 Å². The topological polar surface area (TPSA) is 17.8 Å². The zero-order chi connectivity index (χ0) is 9.54. The van der Waals surface area contributed by atoms with Gasteiger partial charge >= 0.3 is 0 Å². The van der Waals surface area contributed by atoms with Crippen LogP contribution in [0.2, 0.25) is 0 Å². The molecule has 1 heterocycles. The molecule has 0 spiro atoms. The summed E-state index contributed by atoms with van der Waals surface area (Å²) >= 11 is 2.34. The van der Waals surface area contributed by atoms with Crippen molar-refractivity contribution in [3.05, 3.63) is 28.0 Å². The van der Waals surface area contributed by atoms with E-state index in [4.69, 9.17) is 0 Å². The van der Waals surface area contributed by atoms with Crippen LogP contribution in [0.25, 0.3) is 10.9 Å². The largest absolute Gasteiger partial charge is 0.265 e. The number of benzene rings is 1. The first-order valence-electron chi connectivity index (χ1n) is 4.94. The molecule has 0 unspecified atom stereocenters. The van der Waals surface area contributed by atoms with E-state index in [1.165, 1.54) is 27.3 Å². The second-order valence-corrected chi connectivity index (χ2v) is 5.22. The summed E-state index contributed by atoms with van der Waals surface area (Å²) in [5.41, 5.74) is 1.28. The van der Waals surface area contributed by atoms with Gasteiger partial charge in [-0.2, -0.15) is 5.10 Å². The lowest BCUT2D eigenvalue weighted by molar-refractivity contribution is 0.580. The standard InChI is InChI=1S/C11H11IN2/c12-10-3-4-11-9(5-10)6-13-14(11)7-8-1-2-8/h3-6,8H,1-2,7H2. The van der Waals surface area contributed by atoms with Crippen molar-refractivity contribution < 1.29 is 0 Å². The van der Waals surface area contributed by atoms with Crippen LogP contribution in [0.4, 0.5) is 0 Å². The van der Waals surface area contributed by atoms with E-state index in [0.29, 0.717) is 0 Å². The third-order valence-electron chi connectivity index (χ3n) is 2.73. The molecule has 1 saturated carbocycles. The van der Waals surface area contributed by atoms with Gasteiger partial charge in [0.05, 0.1) is 11.7 Å². The molecule has 0 aliphatic heterocycles. The Bertz CT molecular complexity index is 471. The molecule has 1 aliphatic rings. The van der Waals surface area contributed by atoms with E-state index in [1.54, 1.807) is 0 Å². The lowest BCUT2D eigenvalue weighted by atomic mass is 10.2. The number of fused-ring (bicyclic) bond motifs is 1. The predicted octanol–water partition coefficient (Wildman–Crippen LogP) is 3.05. The average molecular weight is 298 g/mol. The van der Waals surface area contributed by atoms with Gasteiger partial charge < -0.3 is 0 Å². The highest BCUT2D eigenvalue weighted by molar-refractivity contribution is 14.1. The van der Waals surface area contributed by atoms with Crippen molar-refractivity contribution in [2.45, 2.75) is 19.4 Å². The molecule has 3 rings (SSSR count). The Morgan fingerprint density at radius 2 is 2.29 bits per heavy atom. The second kappa shape index (κ2) is 3.22. The Labute approximate surface area is 96.4 Å². The van der Waals surface area contributed by atoms with Gasteiger partial charge in [-0.3, -0.25) is 4.68 Å². The quantitative estimate of drug-likeness (QED) is 0.779. The van der Waals surface area contributed by atoms with Crippen LogP contribution < -0.4 is 0 Å². The Balaban J connectivity index is 2.06. The summed E-state index contributed by atoms with van der Waals surface area (Å²) in [5, 5.41) is 5.69. The number of halogens is 1. The fourth-order valence-electron chi connectivity index (χ4n) is 1.75. The summed E-state index contributed by atoms with van der Waals surface area (Å²) in [6.07, 6.45) is 4.73. The number of aromatic nitrogens is 2. The van der Waals surface area contributed by atoms with Crippen LogP contribution in [-0.4, -0.2) is 9.78 Å². The van der Waals surface area contributed by atoms with Crippen LogP contribution in [0.3, 0.4) is 0 Å². The zero-order valence-electron chi connectivity index (χ0n) is 7.78. The highest BCUT2D eigenvalue weighted by Gasteiger charge is 2.22. The molecule has 1 aromatic carbocycles. The predicted molar refractivity (Wildman–Crippen MR) is 65.2 cm³/mol. The maximum absolute atomic E-state index is 4.43. The van der Waals surface area contributed by atoms with E-state index in [2.05, 4.69) is 50.6 Å². The monoisotopic (exact) mass is 298 g/mol. The molecular weight excluding hydrogens is 287 g/mol. The van der Waals surface area contributed by atoms with Crippen LogP contribution in [0.1, 0.15) is 12.8 Å². The van der Waals surface area contributed by atoms with Gasteiger partial charge in [0, 0.05) is 15.5 Å². The van der Waals surface area contributed by atoms with Gasteiger partial charge in [0.25, 0.3) is 0 Å². The molecule has 3 heteroatoms. The molecule has 1 aromatic heterocycles. The van der Waals surface area contributed by atoms with Crippen LogP contribution >= 0.6 is 22.6 Å². The van der Waals surface area contributed by atoms with Gasteiger partial charge in [-0.25, -0.2) is 0 Å². The summed E-state index contributed by atoms with van der Waals surface area (Å²) in [6, 6.07) is 6.51. The van der Waals surface area contributed by atoms with E-state index >= 15 is 0 Å². The number of hydrogen-bond acceptors (Lipinski definition) is 1. The molecular formula is C11H11IN2. The first kappa shape index (κ1) is 8.71. The van der Waals surface area contributed by atoms with Gasteiger partial charge in [-0.05, 0) is 59.5 Å². The van der Waals surface area contributed by atoms with Crippen molar-refractivity contribution in [3.8, 4) is 0 Å². The minimum atomic E-state index is 0.886. The van der Waals surface area contributed by atoms with Crippen molar-refractivity contribution in [3.63, 3.8) is 0 Å². The van der Waals surface area contributed by atoms with E-state index in [1.807, 2.05) is 6.20 Å². The smallest absolute Gasteiger partial charge is 0.0683 e. The van der Waals surface area contributed by atoms with Crippen LogP contribution in [0.15, 0.2) is 24.4 Å². The van der Waals surface area contributed by atoms with E-state index in [9.17, 15) is 0 Å². The summed E-state index contributed by atoms with van der Waals surface area (Å²) in [4.78, 5) is 0. The maximum Gasteiger partial charge on any atom is 0.0683 e. The Morgan fingerprint density at radius 3 is 3.07 bits per heavy atom. The SMILES string of the molecule is Ic1ccc2c(cnn2CC2CC2)c1. The first-order valence-corrected chi connectivity index (χ1v) is 6.02. The number of rotatable bonds is 2. The van der Waals surface area contributed by atoms with Crippen LogP contribution in [-0.2, 0) is 6.54 Å². The average Bonchev–Trinajstić information content (AvgIpc) is 2.89. The van der Waals surface area contributed by atoms with Crippen LogP contribution in [0.5, 0.6) is 0 Å². The van der Waals surface area contributed by atoms with Crippen molar-refractivity contribution in [2.75, 3.05) is 0 Å². The highest BCUT2D eigenvalue weighted by Crippen LogP contribution is 2.31. The molecule has 0 atom stereocenters. The molecule has 0 bridgehead atoms. The molecule has 0 radical (unpaired) electrons. The van der Waals surface area contributed by atoms with E-state index in [-0.39, 0.29) is 0 Å². The molecule has 0 N–H and O–H groups in total. The maximum atomic E-state index is 4.43. The number of hydrogen-bond donors (Lipinski definition) is 0. The molecule has 14 heavy (non-hydrogen) atoms. The Kier molecular flexibility index (Phi) is 2.00. The van der Waals surface area contributed by atoms with Crippen molar-refractivity contribution in [1.82, 2.24) is 9.78 Å². The van der Waals surface area contributed by atoms with E-state index in [0.717, 1.165) is 12.5 Å². The van der Waals surface area contributed by atoms with Gasteiger partial charge in [0.1, 0.15) is 0 Å². The molecule has 72 valence electrons. The van der Waals surface area contributed by atoms with Gasteiger partial charge in [-0.1, -0.05) is 0 Å². The molecule has 0 saturated heterocycles. The summed E-state index contributed by atoms with van der Waals surface area (Å²) in [6.45, 7) is 1.10. The minimum absolute atomic E-state index is 0.886. The van der Waals surface area contributed by atoms with E-state index < -0.39 is 0 Å². The molecule has 2 aromatic rings. The molecule has 0 amide bonds. The van der Waals surface area contributed by atoms with Crippen molar-refractivity contribution in [2.24, 2.45) is 5.92 Å². The van der Waals surface area contributed by atoms with Gasteiger partial charge in [-0.15, -0.1) is 0 Å². The molecule has 1 fully saturated rings. The third-order valence-corrected chi connectivity index (χ3v) is 3.40. The second-order valence-electron chi connectivity index (χ2n) is 3.97. The summed E-state index contributed by atoms with van der Waals surface area (Å²) in [7, 11) is 0. The summed E-state index contributed by atoms with van der Waals surface area (Å²) in [5.74, 6) is 0.886. The number of nitrogens with zero attached hydrogens (tertiary/aromatic N) is 2. The Morgan fingerprint density at radius 1 is 1.43 bits per heavy atom. The molecule has 2 nitrogen and oxygen atoms in total. The normalized spacial score (nSPS) is 16.4. The summed E-state index contributed by atoms with van der Waals surface area (Å²) < 4.78 is 3.42. The first-order chi connectivity index (χ1) is 6.83. The Hall–Kier alpha value is -0.580. The highest BCUT2D eigenvalue weighted by atomic mass is 127. The van der Waals surface area contributed by atoms with Crippen LogP contribution in [0, 0.1) is 9.49 Å². The van der Waals surface area contributed by atoms with Gasteiger partial charge in [0.15, 0.2) is 0 Å².